The average molecular weight is 263 g/mol. The fourth-order valence-electron chi connectivity index (χ4n) is 1.71. The summed E-state index contributed by atoms with van der Waals surface area (Å²) in [5, 5.41) is 2.68. The summed E-state index contributed by atoms with van der Waals surface area (Å²) in [6.45, 7) is 7.50. The summed E-state index contributed by atoms with van der Waals surface area (Å²) in [4.78, 5) is 11.7. The highest BCUT2D eigenvalue weighted by Crippen LogP contribution is 2.24. The number of piperazine rings is 1. The van der Waals surface area contributed by atoms with E-state index < -0.39 is 15.7 Å². The maximum atomic E-state index is 12.4. The van der Waals surface area contributed by atoms with Crippen molar-refractivity contribution in [1.82, 2.24) is 13.9 Å². The highest BCUT2D eigenvalue weighted by molar-refractivity contribution is 7.86. The molecule has 1 heterocycles. The lowest BCUT2D eigenvalue weighted by atomic mass is 10.0. The van der Waals surface area contributed by atoms with Gasteiger partial charge < -0.3 is 5.32 Å². The van der Waals surface area contributed by atoms with E-state index in [1.807, 2.05) is 0 Å². The van der Waals surface area contributed by atoms with Crippen molar-refractivity contribution in [3.63, 3.8) is 0 Å². The van der Waals surface area contributed by atoms with Crippen molar-refractivity contribution in [1.29, 1.82) is 0 Å². The van der Waals surface area contributed by atoms with Gasteiger partial charge >= 0.3 is 0 Å². The van der Waals surface area contributed by atoms with E-state index in [0.29, 0.717) is 13.1 Å². The zero-order valence-electron chi connectivity index (χ0n) is 11.0. The van der Waals surface area contributed by atoms with Crippen LogP contribution in [-0.2, 0) is 15.0 Å². The Bertz CT molecular complexity index is 403. The fourth-order valence-corrected chi connectivity index (χ4v) is 3.53. The van der Waals surface area contributed by atoms with Gasteiger partial charge in [-0.05, 0) is 27.7 Å². The van der Waals surface area contributed by atoms with Gasteiger partial charge in [-0.15, -0.1) is 0 Å². The molecule has 0 saturated carbocycles. The predicted molar refractivity (Wildman–Crippen MR) is 65.6 cm³/mol. The largest absolute Gasteiger partial charge is 0.353 e. The smallest absolute Gasteiger partial charge is 0.282 e. The maximum absolute atomic E-state index is 12.4. The first-order valence-electron chi connectivity index (χ1n) is 5.66. The van der Waals surface area contributed by atoms with Gasteiger partial charge in [-0.25, -0.2) is 0 Å². The SMILES string of the molecule is CC(C)N(C)S(=O)(=O)N1CCNC(=O)C1(C)C. The molecule has 0 aromatic heterocycles. The molecule has 0 atom stereocenters. The third-order valence-corrected chi connectivity index (χ3v) is 5.49. The molecule has 0 aliphatic carbocycles. The van der Waals surface area contributed by atoms with Gasteiger partial charge in [-0.2, -0.15) is 17.0 Å². The molecule has 7 heteroatoms. The molecule has 6 nitrogen and oxygen atoms in total. The summed E-state index contributed by atoms with van der Waals surface area (Å²) >= 11 is 0. The van der Waals surface area contributed by atoms with Crippen molar-refractivity contribution in [3.8, 4) is 0 Å². The third kappa shape index (κ3) is 2.46. The van der Waals surface area contributed by atoms with Crippen LogP contribution in [0.5, 0.6) is 0 Å². The van der Waals surface area contributed by atoms with E-state index in [9.17, 15) is 13.2 Å². The van der Waals surface area contributed by atoms with Crippen LogP contribution in [0.4, 0.5) is 0 Å². The number of hydrogen-bond acceptors (Lipinski definition) is 3. The summed E-state index contributed by atoms with van der Waals surface area (Å²) in [6.07, 6.45) is 0. The van der Waals surface area contributed by atoms with Crippen molar-refractivity contribution in [2.45, 2.75) is 39.3 Å². The number of nitrogens with one attached hydrogen (secondary N) is 1. The number of nitrogens with zero attached hydrogens (tertiary/aromatic N) is 2. The monoisotopic (exact) mass is 263 g/mol. The van der Waals surface area contributed by atoms with E-state index in [0.717, 1.165) is 0 Å². The molecule has 1 rings (SSSR count). The lowest BCUT2D eigenvalue weighted by molar-refractivity contribution is -0.131. The van der Waals surface area contributed by atoms with Crippen LogP contribution in [0.3, 0.4) is 0 Å². The lowest BCUT2D eigenvalue weighted by Crippen LogP contribution is -2.65. The van der Waals surface area contributed by atoms with Crippen LogP contribution in [0.2, 0.25) is 0 Å². The van der Waals surface area contributed by atoms with Gasteiger partial charge in [0.1, 0.15) is 5.54 Å². The second-order valence-corrected chi connectivity index (χ2v) is 6.92. The first-order chi connectivity index (χ1) is 7.61. The Balaban J connectivity index is 3.10. The molecule has 0 unspecified atom stereocenters. The number of hydrogen-bond donors (Lipinski definition) is 1. The van der Waals surface area contributed by atoms with Gasteiger partial charge in [0.05, 0.1) is 0 Å². The Hall–Kier alpha value is -0.660. The van der Waals surface area contributed by atoms with Gasteiger partial charge in [-0.1, -0.05) is 0 Å². The second kappa shape index (κ2) is 4.55. The summed E-state index contributed by atoms with van der Waals surface area (Å²) in [7, 11) is -2.07. The van der Waals surface area contributed by atoms with Gasteiger partial charge in [-0.3, -0.25) is 4.79 Å². The molecular formula is C10H21N3O3S. The van der Waals surface area contributed by atoms with Crippen molar-refractivity contribution in [3.05, 3.63) is 0 Å². The number of amides is 1. The third-order valence-electron chi connectivity index (χ3n) is 3.15. The Kier molecular flexibility index (Phi) is 3.85. The first kappa shape index (κ1) is 14.4. The molecule has 100 valence electrons. The van der Waals surface area contributed by atoms with Crippen molar-refractivity contribution >= 4 is 16.1 Å². The molecular weight excluding hydrogens is 242 g/mol. The summed E-state index contributed by atoms with van der Waals surface area (Å²) in [5.74, 6) is -0.260. The highest BCUT2D eigenvalue weighted by atomic mass is 32.2. The zero-order chi connectivity index (χ0) is 13.4. The van der Waals surface area contributed by atoms with Crippen molar-refractivity contribution < 1.29 is 13.2 Å². The van der Waals surface area contributed by atoms with Crippen LogP contribution in [0.15, 0.2) is 0 Å². The van der Waals surface area contributed by atoms with Gasteiger partial charge in [0, 0.05) is 26.2 Å². The molecule has 1 saturated heterocycles. The molecule has 1 amide bonds. The molecule has 0 bridgehead atoms. The zero-order valence-corrected chi connectivity index (χ0v) is 11.8. The minimum absolute atomic E-state index is 0.138. The van der Waals surface area contributed by atoms with Crippen LogP contribution in [0, 0.1) is 0 Å². The lowest BCUT2D eigenvalue weighted by Gasteiger charge is -2.42. The van der Waals surface area contributed by atoms with E-state index in [4.69, 9.17) is 0 Å². The summed E-state index contributed by atoms with van der Waals surface area (Å²) in [6, 6.07) is -0.138. The minimum atomic E-state index is -3.60. The molecule has 0 aromatic rings. The molecule has 1 aliphatic rings. The van der Waals surface area contributed by atoms with Gasteiger partial charge in [0.25, 0.3) is 10.2 Å². The molecule has 0 radical (unpaired) electrons. The number of rotatable bonds is 3. The standard InChI is InChI=1S/C10H21N3O3S/c1-8(2)12(5)17(15,16)13-7-6-11-9(14)10(13,3)4/h8H,6-7H2,1-5H3,(H,11,14). The molecule has 0 spiro atoms. The Morgan fingerprint density at radius 2 is 1.94 bits per heavy atom. The van der Waals surface area contributed by atoms with Crippen LogP contribution >= 0.6 is 0 Å². The average Bonchev–Trinajstić information content (AvgIpc) is 2.20. The Morgan fingerprint density at radius 3 is 2.41 bits per heavy atom. The summed E-state index contributed by atoms with van der Waals surface area (Å²) in [5.41, 5.74) is -1.04. The number of carbonyl (C=O) groups is 1. The topological polar surface area (TPSA) is 69.7 Å². The van der Waals surface area contributed by atoms with Crippen LogP contribution in [-0.4, -0.2) is 54.7 Å². The normalized spacial score (nSPS) is 21.9. The van der Waals surface area contributed by atoms with Crippen LogP contribution < -0.4 is 5.32 Å². The van der Waals surface area contributed by atoms with E-state index in [1.165, 1.54) is 15.7 Å². The van der Waals surface area contributed by atoms with E-state index in [-0.39, 0.29) is 11.9 Å². The predicted octanol–water partition coefficient (Wildman–Crippen LogP) is -0.218. The summed E-state index contributed by atoms with van der Waals surface area (Å²) < 4.78 is 27.3. The molecule has 1 N–H and O–H groups in total. The van der Waals surface area contributed by atoms with Crippen molar-refractivity contribution in [2.75, 3.05) is 20.1 Å². The maximum Gasteiger partial charge on any atom is 0.282 e. The Labute approximate surface area is 103 Å². The molecule has 1 aliphatic heterocycles. The second-order valence-electron chi connectivity index (χ2n) is 5.00. The molecule has 1 fully saturated rings. The molecule has 17 heavy (non-hydrogen) atoms. The highest BCUT2D eigenvalue weighted by Gasteiger charge is 2.46. The van der Waals surface area contributed by atoms with Crippen LogP contribution in [0.1, 0.15) is 27.7 Å². The van der Waals surface area contributed by atoms with Crippen LogP contribution in [0.25, 0.3) is 0 Å². The van der Waals surface area contributed by atoms with Gasteiger partial charge in [0.2, 0.25) is 5.91 Å². The minimum Gasteiger partial charge on any atom is -0.353 e. The van der Waals surface area contributed by atoms with Crippen molar-refractivity contribution in [2.24, 2.45) is 0 Å². The van der Waals surface area contributed by atoms with Gasteiger partial charge in [0.15, 0.2) is 0 Å². The quantitative estimate of drug-likeness (QED) is 0.765. The van der Waals surface area contributed by atoms with E-state index in [1.54, 1.807) is 27.7 Å². The fraction of sp³-hybridized carbons (Fsp3) is 0.900. The Morgan fingerprint density at radius 1 is 1.41 bits per heavy atom. The molecule has 0 aromatic carbocycles. The van der Waals surface area contributed by atoms with E-state index in [2.05, 4.69) is 5.32 Å². The number of carbonyl (C=O) groups excluding carboxylic acids is 1. The van der Waals surface area contributed by atoms with E-state index >= 15 is 0 Å². The first-order valence-corrected chi connectivity index (χ1v) is 7.05.